The normalized spacial score (nSPS) is 9.84. The van der Waals surface area contributed by atoms with E-state index in [0.29, 0.717) is 11.3 Å². The predicted octanol–water partition coefficient (Wildman–Crippen LogP) is 5.03. The summed E-state index contributed by atoms with van der Waals surface area (Å²) in [4.78, 5) is 16.6. The maximum Gasteiger partial charge on any atom is 0.258 e. The molecule has 1 amide bonds. The van der Waals surface area contributed by atoms with Gasteiger partial charge in [0.05, 0.1) is 11.3 Å². The molecule has 0 aliphatic carbocycles. The lowest BCUT2D eigenvalue weighted by atomic mass is 9.99. The van der Waals surface area contributed by atoms with Gasteiger partial charge >= 0.3 is 0 Å². The molecule has 0 fully saturated rings. The van der Waals surface area contributed by atoms with Crippen LogP contribution < -0.4 is 5.32 Å². The first kappa shape index (κ1) is 16.8. The van der Waals surface area contributed by atoms with E-state index < -0.39 is 0 Å². The molecule has 1 aromatic heterocycles. The lowest BCUT2D eigenvalue weighted by Gasteiger charge is -2.14. The fraction of sp³-hybridized carbons (Fsp3) is 0.0476. The smallest absolute Gasteiger partial charge is 0.258 e. The van der Waals surface area contributed by atoms with Gasteiger partial charge in [-0.2, -0.15) is 0 Å². The molecule has 0 atom stereocenters. The summed E-state index contributed by atoms with van der Waals surface area (Å²) in [6.07, 6.45) is 1.55. The summed E-state index contributed by atoms with van der Waals surface area (Å²) in [5.74, 6) is 5.61. The third kappa shape index (κ3) is 3.71. The molecule has 4 heteroatoms. The van der Waals surface area contributed by atoms with E-state index in [1.165, 1.54) is 0 Å². The molecule has 0 radical (unpaired) electrons. The highest BCUT2D eigenvalue weighted by Gasteiger charge is 2.16. The Morgan fingerprint density at radius 3 is 2.56 bits per heavy atom. The van der Waals surface area contributed by atoms with E-state index in [4.69, 9.17) is 11.6 Å². The Bertz CT molecular complexity index is 972. The molecule has 3 rings (SSSR count). The fourth-order valence-electron chi connectivity index (χ4n) is 2.52. The number of benzene rings is 2. The summed E-state index contributed by atoms with van der Waals surface area (Å²) < 4.78 is 0. The average Bonchev–Trinajstić information content (AvgIpc) is 2.64. The van der Waals surface area contributed by atoms with E-state index >= 15 is 0 Å². The first-order valence-corrected chi connectivity index (χ1v) is 8.11. The Morgan fingerprint density at radius 1 is 1.04 bits per heavy atom. The van der Waals surface area contributed by atoms with Crippen molar-refractivity contribution in [1.29, 1.82) is 0 Å². The number of hydrogen-bond acceptors (Lipinski definition) is 2. The van der Waals surface area contributed by atoms with Gasteiger partial charge in [-0.3, -0.25) is 4.79 Å². The summed E-state index contributed by atoms with van der Waals surface area (Å²) in [5.41, 5.74) is 3.62. The second kappa shape index (κ2) is 7.65. The van der Waals surface area contributed by atoms with Crippen LogP contribution in [0.25, 0.3) is 11.1 Å². The Hall–Kier alpha value is -3.09. The Morgan fingerprint density at radius 2 is 1.84 bits per heavy atom. The summed E-state index contributed by atoms with van der Waals surface area (Å²) in [6, 6.07) is 18.9. The number of aromatic nitrogens is 1. The Kier molecular flexibility index (Phi) is 5.13. The second-order valence-electron chi connectivity index (χ2n) is 5.27. The zero-order valence-corrected chi connectivity index (χ0v) is 14.3. The highest BCUT2D eigenvalue weighted by atomic mass is 35.5. The van der Waals surface area contributed by atoms with Crippen LogP contribution in [-0.2, 0) is 0 Å². The third-order valence-electron chi connectivity index (χ3n) is 3.65. The van der Waals surface area contributed by atoms with Crippen LogP contribution in [0.5, 0.6) is 0 Å². The van der Waals surface area contributed by atoms with Crippen molar-refractivity contribution in [3.63, 3.8) is 0 Å². The molecule has 1 heterocycles. The number of nitrogens with one attached hydrogen (secondary N) is 1. The molecule has 0 saturated carbocycles. The minimum atomic E-state index is -0.319. The number of carbonyl (C=O) groups is 1. The van der Waals surface area contributed by atoms with E-state index in [2.05, 4.69) is 22.1 Å². The van der Waals surface area contributed by atoms with Crippen molar-refractivity contribution in [2.24, 2.45) is 0 Å². The van der Waals surface area contributed by atoms with Crippen molar-refractivity contribution in [1.82, 2.24) is 4.98 Å². The highest BCUT2D eigenvalue weighted by molar-refractivity contribution is 6.33. The summed E-state index contributed by atoms with van der Waals surface area (Å²) >= 11 is 6.04. The number of para-hydroxylation sites is 1. The number of anilines is 1. The standard InChI is InChI=1S/C21H15ClN2O/c1-2-8-16-11-6-12-17(15-9-4-3-5-10-15)19(16)24-21(25)18-13-7-14-23-20(18)22/h3-7,9-14H,1H3,(H,24,25). The van der Waals surface area contributed by atoms with Crippen LogP contribution in [0.4, 0.5) is 5.69 Å². The third-order valence-corrected chi connectivity index (χ3v) is 3.95. The number of hydrogen-bond donors (Lipinski definition) is 1. The maximum atomic E-state index is 12.7. The number of rotatable bonds is 3. The molecular weight excluding hydrogens is 332 g/mol. The average molecular weight is 347 g/mol. The molecule has 1 N–H and O–H groups in total. The first-order chi connectivity index (χ1) is 12.2. The van der Waals surface area contributed by atoms with Crippen molar-refractivity contribution < 1.29 is 4.79 Å². The van der Waals surface area contributed by atoms with Crippen molar-refractivity contribution in [3.8, 4) is 23.0 Å². The van der Waals surface area contributed by atoms with Gasteiger partial charge in [-0.25, -0.2) is 4.98 Å². The van der Waals surface area contributed by atoms with E-state index in [-0.39, 0.29) is 11.1 Å². The minimum absolute atomic E-state index is 0.167. The molecule has 0 bridgehead atoms. The zero-order chi connectivity index (χ0) is 17.6. The van der Waals surface area contributed by atoms with Crippen molar-refractivity contribution in [2.45, 2.75) is 6.92 Å². The van der Waals surface area contributed by atoms with Gasteiger partial charge in [0.15, 0.2) is 0 Å². The minimum Gasteiger partial charge on any atom is -0.320 e. The van der Waals surface area contributed by atoms with Gasteiger partial charge in [0.2, 0.25) is 0 Å². The van der Waals surface area contributed by atoms with E-state index in [1.54, 1.807) is 25.3 Å². The van der Waals surface area contributed by atoms with E-state index in [0.717, 1.165) is 16.7 Å². The van der Waals surface area contributed by atoms with Gasteiger partial charge in [-0.05, 0) is 30.7 Å². The van der Waals surface area contributed by atoms with Crippen LogP contribution in [0.15, 0.2) is 66.9 Å². The molecule has 3 aromatic rings. The molecule has 0 spiro atoms. The molecule has 2 aromatic carbocycles. The van der Waals surface area contributed by atoms with Crippen molar-refractivity contribution >= 4 is 23.2 Å². The van der Waals surface area contributed by atoms with Crippen molar-refractivity contribution in [3.05, 3.63) is 83.1 Å². The van der Waals surface area contributed by atoms with Crippen LogP contribution >= 0.6 is 11.6 Å². The molecule has 25 heavy (non-hydrogen) atoms. The van der Waals surface area contributed by atoms with Gasteiger partial charge in [-0.15, -0.1) is 5.92 Å². The number of nitrogens with zero attached hydrogens (tertiary/aromatic N) is 1. The van der Waals surface area contributed by atoms with Gasteiger partial charge in [0, 0.05) is 17.3 Å². The van der Waals surface area contributed by atoms with E-state index in [9.17, 15) is 4.79 Å². The number of pyridine rings is 1. The molecule has 0 aliphatic rings. The number of halogens is 1. The molecule has 0 saturated heterocycles. The molecule has 0 aliphatic heterocycles. The predicted molar refractivity (Wildman–Crippen MR) is 102 cm³/mol. The van der Waals surface area contributed by atoms with Crippen molar-refractivity contribution in [2.75, 3.05) is 5.32 Å². The van der Waals surface area contributed by atoms with E-state index in [1.807, 2.05) is 48.5 Å². The highest BCUT2D eigenvalue weighted by Crippen LogP contribution is 2.31. The summed E-state index contributed by atoms with van der Waals surface area (Å²) in [6.45, 7) is 1.76. The first-order valence-electron chi connectivity index (χ1n) is 7.73. The summed E-state index contributed by atoms with van der Waals surface area (Å²) in [7, 11) is 0. The molecule has 3 nitrogen and oxygen atoms in total. The Labute approximate surface area is 151 Å². The monoisotopic (exact) mass is 346 g/mol. The molecular formula is C21H15ClN2O. The number of carbonyl (C=O) groups excluding carboxylic acids is 1. The molecule has 0 unspecified atom stereocenters. The van der Waals surface area contributed by atoms with Crippen LogP contribution in [0, 0.1) is 11.8 Å². The van der Waals surface area contributed by atoms with Crippen LogP contribution in [0.1, 0.15) is 22.8 Å². The van der Waals surface area contributed by atoms with Gasteiger partial charge < -0.3 is 5.32 Å². The Balaban J connectivity index is 2.09. The van der Waals surface area contributed by atoms with Gasteiger partial charge in [0.25, 0.3) is 5.91 Å². The topological polar surface area (TPSA) is 42.0 Å². The van der Waals surface area contributed by atoms with Crippen LogP contribution in [0.2, 0.25) is 5.15 Å². The largest absolute Gasteiger partial charge is 0.320 e. The van der Waals surface area contributed by atoms with Crippen LogP contribution in [0.3, 0.4) is 0 Å². The lowest BCUT2D eigenvalue weighted by molar-refractivity contribution is 0.102. The van der Waals surface area contributed by atoms with Gasteiger partial charge in [0.1, 0.15) is 5.15 Å². The van der Waals surface area contributed by atoms with Gasteiger partial charge in [-0.1, -0.05) is 60.0 Å². The summed E-state index contributed by atoms with van der Waals surface area (Å²) in [5, 5.41) is 3.12. The lowest BCUT2D eigenvalue weighted by Crippen LogP contribution is -2.14. The SMILES string of the molecule is CC#Cc1cccc(-c2ccccc2)c1NC(=O)c1cccnc1Cl. The maximum absolute atomic E-state index is 12.7. The fourth-order valence-corrected chi connectivity index (χ4v) is 2.73. The zero-order valence-electron chi connectivity index (χ0n) is 13.6. The quantitative estimate of drug-likeness (QED) is 0.534. The molecule has 122 valence electrons. The van der Waals surface area contributed by atoms with Crippen LogP contribution in [-0.4, -0.2) is 10.9 Å². The number of amides is 1. The second-order valence-corrected chi connectivity index (χ2v) is 5.62.